The third-order valence-electron chi connectivity index (χ3n) is 4.21. The average molecular weight is 348 g/mol. The van der Waals surface area contributed by atoms with Gasteiger partial charge in [-0.3, -0.25) is 0 Å². The number of hydrogen-bond donors (Lipinski definition) is 0. The molecular weight excluding hydrogens is 320 g/mol. The summed E-state index contributed by atoms with van der Waals surface area (Å²) < 4.78 is 5.47. The van der Waals surface area contributed by atoms with E-state index < -0.39 is 0 Å². The molecule has 0 heterocycles. The molecule has 0 atom stereocenters. The third-order valence-corrected chi connectivity index (χ3v) is 4.21. The fraction of sp³-hybridized carbons (Fsp3) is 0.292. The van der Waals surface area contributed by atoms with Crippen molar-refractivity contribution in [2.24, 2.45) is 0 Å². The second-order valence-electron chi connectivity index (χ2n) is 6.79. The van der Waals surface area contributed by atoms with Gasteiger partial charge in [-0.05, 0) is 63.3 Å². The second-order valence-corrected chi connectivity index (χ2v) is 6.79. The Hall–Kier alpha value is -2.61. The van der Waals surface area contributed by atoms with Crippen LogP contribution in [-0.2, 0) is 11.2 Å². The predicted octanol–water partition coefficient (Wildman–Crippen LogP) is 6.13. The molecule has 0 fully saturated rings. The van der Waals surface area contributed by atoms with Crippen LogP contribution in [0, 0.1) is 0 Å². The summed E-state index contributed by atoms with van der Waals surface area (Å²) in [5, 5.41) is 0. The summed E-state index contributed by atoms with van der Waals surface area (Å²) >= 11 is 0. The Bertz CT molecular complexity index is 766. The van der Waals surface area contributed by atoms with Crippen molar-refractivity contribution in [1.82, 2.24) is 0 Å². The number of rotatable bonds is 8. The maximum Gasteiger partial charge on any atom is 0.338 e. The van der Waals surface area contributed by atoms with Crippen LogP contribution in [0.25, 0.3) is 0 Å². The third kappa shape index (κ3) is 6.72. The van der Waals surface area contributed by atoms with E-state index in [0.29, 0.717) is 12.2 Å². The van der Waals surface area contributed by atoms with E-state index in [2.05, 4.69) is 39.0 Å². The summed E-state index contributed by atoms with van der Waals surface area (Å²) in [6, 6.07) is 17.8. The highest BCUT2D eigenvalue weighted by Crippen LogP contribution is 2.16. The molecule has 2 heteroatoms. The van der Waals surface area contributed by atoms with Crippen LogP contribution in [0.4, 0.5) is 0 Å². The van der Waals surface area contributed by atoms with Gasteiger partial charge in [0, 0.05) is 0 Å². The van der Waals surface area contributed by atoms with Crippen molar-refractivity contribution in [3.05, 3.63) is 94.6 Å². The van der Waals surface area contributed by atoms with Crippen molar-refractivity contribution in [3.8, 4) is 0 Å². The zero-order valence-electron chi connectivity index (χ0n) is 16.0. The van der Waals surface area contributed by atoms with Gasteiger partial charge in [0.25, 0.3) is 0 Å². The Morgan fingerprint density at radius 1 is 0.923 bits per heavy atom. The van der Waals surface area contributed by atoms with E-state index in [1.54, 1.807) is 0 Å². The first-order valence-electron chi connectivity index (χ1n) is 9.14. The number of carbonyl (C=O) groups excluding carboxylic acids is 1. The van der Waals surface area contributed by atoms with Gasteiger partial charge in [0.2, 0.25) is 0 Å². The van der Waals surface area contributed by atoms with Gasteiger partial charge >= 0.3 is 5.97 Å². The van der Waals surface area contributed by atoms with E-state index in [4.69, 9.17) is 4.74 Å². The van der Waals surface area contributed by atoms with Crippen molar-refractivity contribution >= 4 is 5.97 Å². The van der Waals surface area contributed by atoms with Crippen molar-refractivity contribution in [3.63, 3.8) is 0 Å². The Balaban J connectivity index is 1.94. The Morgan fingerprint density at radius 2 is 1.62 bits per heavy atom. The molecule has 0 aliphatic heterocycles. The molecule has 0 aliphatic carbocycles. The van der Waals surface area contributed by atoms with Gasteiger partial charge < -0.3 is 4.74 Å². The smallest absolute Gasteiger partial charge is 0.338 e. The van der Waals surface area contributed by atoms with Crippen LogP contribution < -0.4 is 0 Å². The number of ether oxygens (including phenoxy) is 1. The molecule has 0 unspecified atom stereocenters. The fourth-order valence-electron chi connectivity index (χ4n) is 2.72. The number of esters is 1. The summed E-state index contributed by atoms with van der Waals surface area (Å²) in [6.07, 6.45) is 6.97. The predicted molar refractivity (Wildman–Crippen MR) is 108 cm³/mol. The minimum Gasteiger partial charge on any atom is -0.458 e. The summed E-state index contributed by atoms with van der Waals surface area (Å²) in [7, 11) is 0. The topological polar surface area (TPSA) is 26.3 Å². The molecule has 136 valence electrons. The number of benzene rings is 2. The maximum absolute atomic E-state index is 12.5. The first kappa shape index (κ1) is 19.7. The molecule has 2 rings (SSSR count). The van der Waals surface area contributed by atoms with E-state index in [1.165, 1.54) is 16.7 Å². The SMILES string of the molecule is CC(C)=CCC/C(C)=C/COC(=O)c1ccccc1Cc1ccccc1. The molecule has 0 radical (unpaired) electrons. The molecule has 0 bridgehead atoms. The van der Waals surface area contributed by atoms with Gasteiger partial charge in [0.1, 0.15) is 6.61 Å². The highest BCUT2D eigenvalue weighted by atomic mass is 16.5. The van der Waals surface area contributed by atoms with Crippen LogP contribution in [0.15, 0.2) is 77.9 Å². The molecular formula is C24H28O2. The lowest BCUT2D eigenvalue weighted by atomic mass is 10.00. The zero-order chi connectivity index (χ0) is 18.8. The number of carbonyl (C=O) groups is 1. The van der Waals surface area contributed by atoms with Gasteiger partial charge in [-0.1, -0.05) is 65.8 Å². The summed E-state index contributed by atoms with van der Waals surface area (Å²) in [6.45, 7) is 6.61. The van der Waals surface area contributed by atoms with Crippen LogP contribution in [0.2, 0.25) is 0 Å². The molecule has 26 heavy (non-hydrogen) atoms. The monoisotopic (exact) mass is 348 g/mol. The van der Waals surface area contributed by atoms with E-state index >= 15 is 0 Å². The molecule has 0 N–H and O–H groups in total. The average Bonchev–Trinajstić information content (AvgIpc) is 2.62. The minimum atomic E-state index is -0.259. The van der Waals surface area contributed by atoms with Crippen molar-refractivity contribution in [2.75, 3.05) is 6.61 Å². The fourth-order valence-corrected chi connectivity index (χ4v) is 2.72. The Morgan fingerprint density at radius 3 is 2.35 bits per heavy atom. The van der Waals surface area contributed by atoms with Crippen LogP contribution >= 0.6 is 0 Å². The van der Waals surface area contributed by atoms with E-state index in [-0.39, 0.29) is 5.97 Å². The van der Waals surface area contributed by atoms with Gasteiger partial charge in [0.15, 0.2) is 0 Å². The molecule has 2 aromatic rings. The number of hydrogen-bond acceptors (Lipinski definition) is 2. The highest BCUT2D eigenvalue weighted by Gasteiger charge is 2.12. The first-order chi connectivity index (χ1) is 12.6. The highest BCUT2D eigenvalue weighted by molar-refractivity contribution is 5.91. The van der Waals surface area contributed by atoms with Crippen molar-refractivity contribution < 1.29 is 9.53 Å². The quantitative estimate of drug-likeness (QED) is 0.424. The molecule has 0 saturated carbocycles. The van der Waals surface area contributed by atoms with Crippen molar-refractivity contribution in [2.45, 2.75) is 40.0 Å². The standard InChI is InChI=1S/C24H28O2/c1-19(2)10-9-11-20(3)16-17-26-24(25)23-15-8-7-14-22(23)18-21-12-5-4-6-13-21/h4-8,10,12-16H,9,11,17-18H2,1-3H3/b20-16+. The van der Waals surface area contributed by atoms with E-state index in [9.17, 15) is 4.79 Å². The number of allylic oxidation sites excluding steroid dienone is 3. The maximum atomic E-state index is 12.5. The molecule has 2 nitrogen and oxygen atoms in total. The molecule has 0 aliphatic rings. The van der Waals surface area contributed by atoms with Gasteiger partial charge in [-0.2, -0.15) is 0 Å². The minimum absolute atomic E-state index is 0.259. The largest absolute Gasteiger partial charge is 0.458 e. The van der Waals surface area contributed by atoms with Crippen LogP contribution in [0.1, 0.15) is 55.1 Å². The lowest BCUT2D eigenvalue weighted by molar-refractivity contribution is 0.0548. The zero-order valence-corrected chi connectivity index (χ0v) is 16.0. The van der Waals surface area contributed by atoms with E-state index in [0.717, 1.165) is 24.8 Å². The summed E-state index contributed by atoms with van der Waals surface area (Å²) in [5.41, 5.74) is 5.40. The lowest BCUT2D eigenvalue weighted by Crippen LogP contribution is -2.09. The Labute approximate surface area is 157 Å². The van der Waals surface area contributed by atoms with Crippen LogP contribution in [0.3, 0.4) is 0 Å². The molecule has 0 saturated heterocycles. The lowest BCUT2D eigenvalue weighted by Gasteiger charge is -2.09. The van der Waals surface area contributed by atoms with Crippen LogP contribution in [0.5, 0.6) is 0 Å². The van der Waals surface area contributed by atoms with Crippen LogP contribution in [-0.4, -0.2) is 12.6 Å². The van der Waals surface area contributed by atoms with Gasteiger partial charge in [-0.25, -0.2) is 4.79 Å². The molecule has 0 spiro atoms. The first-order valence-corrected chi connectivity index (χ1v) is 9.14. The second kappa shape index (κ2) is 10.4. The molecule has 0 aromatic heterocycles. The van der Waals surface area contributed by atoms with E-state index in [1.807, 2.05) is 48.5 Å². The summed E-state index contributed by atoms with van der Waals surface area (Å²) in [4.78, 5) is 12.5. The van der Waals surface area contributed by atoms with Crippen molar-refractivity contribution in [1.29, 1.82) is 0 Å². The Kier molecular flexibility index (Phi) is 7.88. The normalized spacial score (nSPS) is 11.1. The molecule has 0 amide bonds. The van der Waals surface area contributed by atoms with Gasteiger partial charge in [0.05, 0.1) is 5.56 Å². The summed E-state index contributed by atoms with van der Waals surface area (Å²) in [5.74, 6) is -0.259. The van der Waals surface area contributed by atoms with Gasteiger partial charge in [-0.15, -0.1) is 0 Å². The molecule has 2 aromatic carbocycles.